The van der Waals surface area contributed by atoms with Crippen LogP contribution in [0.25, 0.3) is 0 Å². The van der Waals surface area contributed by atoms with E-state index in [0.29, 0.717) is 22.7 Å². The number of thioether (sulfide) groups is 1. The molecule has 136 valence electrons. The van der Waals surface area contributed by atoms with Gasteiger partial charge in [-0.05, 0) is 54.6 Å². The number of nitrogens with zero attached hydrogens (tertiary/aromatic N) is 1. The average Bonchev–Trinajstić information content (AvgIpc) is 2.67. The quantitative estimate of drug-likeness (QED) is 0.542. The number of thiocyanates is 1. The van der Waals surface area contributed by atoms with Crippen LogP contribution >= 0.6 is 11.8 Å². The monoisotopic (exact) mass is 372 g/mol. The third-order valence-electron chi connectivity index (χ3n) is 3.75. The van der Waals surface area contributed by atoms with E-state index in [1.54, 1.807) is 49.6 Å². The summed E-state index contributed by atoms with van der Waals surface area (Å²) in [6.45, 7) is 0. The van der Waals surface area contributed by atoms with Gasteiger partial charge in [0.1, 0.15) is 16.9 Å². The number of nitriles is 1. The third kappa shape index (κ3) is 5.41. The van der Waals surface area contributed by atoms with Gasteiger partial charge in [-0.25, -0.2) is 0 Å². The average molecular weight is 372 g/mol. The Bertz CT molecular complexity index is 787. The van der Waals surface area contributed by atoms with Crippen LogP contribution in [0.4, 0.5) is 5.69 Å². The van der Waals surface area contributed by atoms with E-state index in [-0.39, 0.29) is 18.7 Å². The van der Waals surface area contributed by atoms with Gasteiger partial charge in [0.2, 0.25) is 5.91 Å². The minimum absolute atomic E-state index is 0.158. The van der Waals surface area contributed by atoms with Crippen molar-refractivity contribution in [1.82, 2.24) is 0 Å². The molecule has 1 amide bonds. The molecule has 2 rings (SSSR count). The first-order valence-electron chi connectivity index (χ1n) is 7.93. The van der Waals surface area contributed by atoms with Crippen molar-refractivity contribution in [3.05, 3.63) is 48.0 Å². The zero-order valence-electron chi connectivity index (χ0n) is 14.6. The maximum atomic E-state index is 12.1. The Balaban J connectivity index is 1.91. The van der Waals surface area contributed by atoms with E-state index < -0.39 is 6.10 Å². The number of amides is 1. The Kier molecular flexibility index (Phi) is 7.33. The lowest BCUT2D eigenvalue weighted by atomic mass is 10.0. The first kappa shape index (κ1) is 19.6. The summed E-state index contributed by atoms with van der Waals surface area (Å²) < 4.78 is 10.4. The lowest BCUT2D eigenvalue weighted by molar-refractivity contribution is -0.116. The van der Waals surface area contributed by atoms with Gasteiger partial charge < -0.3 is 19.9 Å². The smallest absolute Gasteiger partial charge is 0.224 e. The molecule has 0 fully saturated rings. The number of hydrogen-bond donors (Lipinski definition) is 2. The lowest BCUT2D eigenvalue weighted by Crippen LogP contribution is -2.13. The standard InChI is InChI=1S/C19H20N2O4S/c1-24-14-5-8-16(18(11-14)25-2)17(22)9-10-19(23)21-13-3-6-15(7-4-13)26-12-20/h3-8,11,17,22H,9-10H2,1-2H3,(H,21,23). The Morgan fingerprint density at radius 2 is 1.96 bits per heavy atom. The van der Waals surface area contributed by atoms with Crippen molar-refractivity contribution in [3.8, 4) is 16.9 Å². The molecule has 2 N–H and O–H groups in total. The predicted octanol–water partition coefficient (Wildman–Crippen LogP) is 3.73. The van der Waals surface area contributed by atoms with Gasteiger partial charge in [0.05, 0.1) is 20.3 Å². The fourth-order valence-electron chi connectivity index (χ4n) is 2.40. The molecule has 0 saturated carbocycles. The van der Waals surface area contributed by atoms with Gasteiger partial charge in [0, 0.05) is 28.6 Å². The SMILES string of the molecule is COc1ccc(C(O)CCC(=O)Nc2ccc(SC#N)cc2)c(OC)c1. The molecular formula is C19H20N2O4S. The minimum Gasteiger partial charge on any atom is -0.497 e. The second-order valence-electron chi connectivity index (χ2n) is 5.43. The molecule has 1 atom stereocenters. The molecule has 6 nitrogen and oxygen atoms in total. The molecule has 0 bridgehead atoms. The molecule has 2 aromatic carbocycles. The Morgan fingerprint density at radius 3 is 2.58 bits per heavy atom. The summed E-state index contributed by atoms with van der Waals surface area (Å²) in [5.74, 6) is 0.952. The van der Waals surface area contributed by atoms with Crippen molar-refractivity contribution in [3.63, 3.8) is 0 Å². The highest BCUT2D eigenvalue weighted by molar-refractivity contribution is 8.03. The molecule has 2 aromatic rings. The van der Waals surface area contributed by atoms with E-state index in [2.05, 4.69) is 5.32 Å². The third-order valence-corrected chi connectivity index (χ3v) is 4.35. The van der Waals surface area contributed by atoms with Crippen molar-refractivity contribution in [2.24, 2.45) is 0 Å². The summed E-state index contributed by atoms with van der Waals surface area (Å²) in [5.41, 5.74) is 1.26. The highest BCUT2D eigenvalue weighted by Gasteiger charge is 2.16. The van der Waals surface area contributed by atoms with Crippen molar-refractivity contribution in [1.29, 1.82) is 5.26 Å². The minimum atomic E-state index is -0.823. The summed E-state index contributed by atoms with van der Waals surface area (Å²) in [6, 6.07) is 12.2. The summed E-state index contributed by atoms with van der Waals surface area (Å²) in [6.07, 6.45) is -0.405. The maximum absolute atomic E-state index is 12.1. The van der Waals surface area contributed by atoms with E-state index in [9.17, 15) is 9.90 Å². The van der Waals surface area contributed by atoms with Gasteiger partial charge in [-0.1, -0.05) is 0 Å². The van der Waals surface area contributed by atoms with Crippen LogP contribution < -0.4 is 14.8 Å². The predicted molar refractivity (Wildman–Crippen MR) is 100 cm³/mol. The van der Waals surface area contributed by atoms with Gasteiger partial charge in [0.15, 0.2) is 0 Å². The molecule has 0 aliphatic heterocycles. The second kappa shape index (κ2) is 9.70. The Hall–Kier alpha value is -2.69. The zero-order valence-corrected chi connectivity index (χ0v) is 15.4. The summed E-state index contributed by atoms with van der Waals surface area (Å²) in [4.78, 5) is 12.9. The molecule has 0 heterocycles. The van der Waals surface area contributed by atoms with Crippen LogP contribution in [0.1, 0.15) is 24.5 Å². The number of ether oxygens (including phenoxy) is 2. The number of carbonyl (C=O) groups excluding carboxylic acids is 1. The number of benzene rings is 2. The number of aliphatic hydroxyl groups excluding tert-OH is 1. The van der Waals surface area contributed by atoms with Gasteiger partial charge >= 0.3 is 0 Å². The summed E-state index contributed by atoms with van der Waals surface area (Å²) in [7, 11) is 3.08. The van der Waals surface area contributed by atoms with Gasteiger partial charge in [0.25, 0.3) is 0 Å². The van der Waals surface area contributed by atoms with E-state index in [1.165, 1.54) is 7.11 Å². The van der Waals surface area contributed by atoms with Gasteiger partial charge in [-0.2, -0.15) is 5.26 Å². The lowest BCUT2D eigenvalue weighted by Gasteiger charge is -2.15. The molecule has 0 spiro atoms. The highest BCUT2D eigenvalue weighted by Crippen LogP contribution is 2.31. The van der Waals surface area contributed by atoms with Crippen molar-refractivity contribution >= 4 is 23.4 Å². The fraction of sp³-hybridized carbons (Fsp3) is 0.263. The van der Waals surface area contributed by atoms with Crippen LogP contribution in [-0.4, -0.2) is 25.2 Å². The first-order valence-corrected chi connectivity index (χ1v) is 8.75. The Labute approximate surface area is 156 Å². The number of carbonyl (C=O) groups is 1. The number of hydrogen-bond acceptors (Lipinski definition) is 6. The van der Waals surface area contributed by atoms with E-state index in [4.69, 9.17) is 14.7 Å². The maximum Gasteiger partial charge on any atom is 0.224 e. The van der Waals surface area contributed by atoms with E-state index in [0.717, 1.165) is 16.7 Å². The number of nitrogens with one attached hydrogen (secondary N) is 1. The second-order valence-corrected chi connectivity index (χ2v) is 6.29. The van der Waals surface area contributed by atoms with Crippen molar-refractivity contribution in [2.75, 3.05) is 19.5 Å². The highest BCUT2D eigenvalue weighted by atomic mass is 32.2. The van der Waals surface area contributed by atoms with Crippen LogP contribution in [0.5, 0.6) is 11.5 Å². The fourth-order valence-corrected chi connectivity index (χ4v) is 2.78. The molecule has 0 aliphatic rings. The number of rotatable bonds is 8. The zero-order chi connectivity index (χ0) is 18.9. The van der Waals surface area contributed by atoms with Crippen LogP contribution in [0.3, 0.4) is 0 Å². The van der Waals surface area contributed by atoms with Crippen molar-refractivity contribution in [2.45, 2.75) is 23.8 Å². The molecule has 0 radical (unpaired) electrons. The summed E-state index contributed by atoms with van der Waals surface area (Å²) >= 11 is 1.06. The molecule has 0 aromatic heterocycles. The molecule has 0 saturated heterocycles. The van der Waals surface area contributed by atoms with Crippen LogP contribution in [-0.2, 0) is 4.79 Å². The molecule has 26 heavy (non-hydrogen) atoms. The molecule has 1 unspecified atom stereocenters. The van der Waals surface area contributed by atoms with Crippen LogP contribution in [0.2, 0.25) is 0 Å². The normalized spacial score (nSPS) is 11.3. The number of methoxy groups -OCH3 is 2. The number of aliphatic hydroxyl groups is 1. The van der Waals surface area contributed by atoms with Gasteiger partial charge in [-0.15, -0.1) is 0 Å². The molecule has 0 aliphatic carbocycles. The summed E-state index contributed by atoms with van der Waals surface area (Å²) in [5, 5.41) is 23.8. The topological polar surface area (TPSA) is 91.6 Å². The molecule has 7 heteroatoms. The first-order chi connectivity index (χ1) is 12.6. The van der Waals surface area contributed by atoms with E-state index in [1.807, 2.05) is 5.40 Å². The van der Waals surface area contributed by atoms with Crippen LogP contribution in [0, 0.1) is 10.7 Å². The van der Waals surface area contributed by atoms with E-state index >= 15 is 0 Å². The van der Waals surface area contributed by atoms with Crippen molar-refractivity contribution < 1.29 is 19.4 Å². The number of anilines is 1. The Morgan fingerprint density at radius 1 is 1.23 bits per heavy atom. The van der Waals surface area contributed by atoms with Gasteiger partial charge in [-0.3, -0.25) is 4.79 Å². The van der Waals surface area contributed by atoms with Crippen LogP contribution in [0.15, 0.2) is 47.4 Å². The molecular weight excluding hydrogens is 352 g/mol. The largest absolute Gasteiger partial charge is 0.497 e.